The Balaban J connectivity index is 2.87. The lowest BCUT2D eigenvalue weighted by Gasteiger charge is -2.24. The van der Waals surface area contributed by atoms with E-state index in [9.17, 15) is 0 Å². The van der Waals surface area contributed by atoms with Gasteiger partial charge in [-0.05, 0) is 44.8 Å². The summed E-state index contributed by atoms with van der Waals surface area (Å²) in [5, 5.41) is 0. The van der Waals surface area contributed by atoms with Crippen LogP contribution >= 0.6 is 15.9 Å². The number of nitrogens with two attached hydrogens (primary N) is 1. The highest BCUT2D eigenvalue weighted by molar-refractivity contribution is 9.10. The molecule has 0 aliphatic heterocycles. The molecule has 0 saturated carbocycles. The molecule has 78 valence electrons. The fourth-order valence-corrected chi connectivity index (χ4v) is 2.01. The minimum atomic E-state index is 0.414. The van der Waals surface area contributed by atoms with Crippen LogP contribution in [0.4, 0.5) is 0 Å². The van der Waals surface area contributed by atoms with Crippen LogP contribution in [-0.4, -0.2) is 25.5 Å². The smallest absolute Gasteiger partial charge is 0.0354 e. The van der Waals surface area contributed by atoms with E-state index in [4.69, 9.17) is 5.73 Å². The lowest BCUT2D eigenvalue weighted by Crippen LogP contribution is -2.22. The molecule has 0 spiro atoms. The maximum Gasteiger partial charge on any atom is 0.0354 e. The van der Waals surface area contributed by atoms with Crippen molar-refractivity contribution in [1.82, 2.24) is 4.90 Å². The van der Waals surface area contributed by atoms with Gasteiger partial charge in [0, 0.05) is 10.5 Å². The Labute approximate surface area is 94.2 Å². The molecule has 3 heteroatoms. The van der Waals surface area contributed by atoms with Crippen molar-refractivity contribution in [3.05, 3.63) is 34.3 Å². The predicted molar refractivity (Wildman–Crippen MR) is 64.2 cm³/mol. The van der Waals surface area contributed by atoms with Crippen LogP contribution in [0, 0.1) is 0 Å². The Kier molecular flexibility index (Phi) is 4.58. The molecule has 0 amide bonds. The van der Waals surface area contributed by atoms with Gasteiger partial charge in [0.05, 0.1) is 0 Å². The van der Waals surface area contributed by atoms with Crippen molar-refractivity contribution in [3.8, 4) is 0 Å². The van der Waals surface area contributed by atoms with Crippen LogP contribution in [0.15, 0.2) is 28.7 Å². The summed E-state index contributed by atoms with van der Waals surface area (Å²) in [5.41, 5.74) is 6.92. The van der Waals surface area contributed by atoms with Gasteiger partial charge in [-0.15, -0.1) is 0 Å². The van der Waals surface area contributed by atoms with Crippen LogP contribution < -0.4 is 5.73 Å². The predicted octanol–water partition coefficient (Wildman–Crippen LogP) is 2.40. The molecule has 0 aliphatic rings. The van der Waals surface area contributed by atoms with E-state index >= 15 is 0 Å². The molecular weight excluding hydrogens is 240 g/mol. The summed E-state index contributed by atoms with van der Waals surface area (Å²) in [7, 11) is 4.17. The monoisotopic (exact) mass is 256 g/mol. The summed E-state index contributed by atoms with van der Waals surface area (Å²) in [6.45, 7) is 0.718. The Morgan fingerprint density at radius 3 is 2.64 bits per heavy atom. The van der Waals surface area contributed by atoms with E-state index in [-0.39, 0.29) is 0 Å². The van der Waals surface area contributed by atoms with E-state index in [2.05, 4.69) is 53.1 Å². The molecule has 0 aromatic heterocycles. The number of hydrogen-bond acceptors (Lipinski definition) is 2. The Morgan fingerprint density at radius 2 is 2.14 bits per heavy atom. The zero-order valence-corrected chi connectivity index (χ0v) is 10.3. The number of hydrogen-bond donors (Lipinski definition) is 1. The van der Waals surface area contributed by atoms with Gasteiger partial charge in [0.15, 0.2) is 0 Å². The van der Waals surface area contributed by atoms with E-state index in [1.807, 2.05) is 6.07 Å². The maximum absolute atomic E-state index is 5.60. The molecule has 0 bridgehead atoms. The third-order valence-electron chi connectivity index (χ3n) is 2.30. The molecule has 0 aliphatic carbocycles. The summed E-state index contributed by atoms with van der Waals surface area (Å²) in [5.74, 6) is 0. The van der Waals surface area contributed by atoms with Crippen molar-refractivity contribution in [2.75, 3.05) is 20.6 Å². The maximum atomic E-state index is 5.60. The third kappa shape index (κ3) is 3.08. The molecule has 0 saturated heterocycles. The third-order valence-corrected chi connectivity index (χ3v) is 2.79. The standard InChI is InChI=1S/C11H17BrN2/c1-14(2)11(6-7-13)9-4-3-5-10(12)8-9/h3-5,8,11H,6-7,13H2,1-2H3. The molecule has 1 unspecified atom stereocenters. The summed E-state index contributed by atoms with van der Waals surface area (Å²) in [6.07, 6.45) is 0.990. The molecule has 0 fully saturated rings. The number of benzene rings is 1. The van der Waals surface area contributed by atoms with E-state index < -0.39 is 0 Å². The first-order chi connectivity index (χ1) is 6.65. The minimum absolute atomic E-state index is 0.414. The minimum Gasteiger partial charge on any atom is -0.330 e. The van der Waals surface area contributed by atoms with E-state index in [0.717, 1.165) is 17.4 Å². The van der Waals surface area contributed by atoms with Gasteiger partial charge in [-0.2, -0.15) is 0 Å². The van der Waals surface area contributed by atoms with Crippen molar-refractivity contribution in [2.24, 2.45) is 5.73 Å². The molecule has 2 N–H and O–H groups in total. The van der Waals surface area contributed by atoms with Gasteiger partial charge in [-0.1, -0.05) is 28.1 Å². The van der Waals surface area contributed by atoms with Crippen molar-refractivity contribution >= 4 is 15.9 Å². The Morgan fingerprint density at radius 1 is 1.43 bits per heavy atom. The van der Waals surface area contributed by atoms with Crippen LogP contribution in [0.5, 0.6) is 0 Å². The van der Waals surface area contributed by atoms with E-state index in [1.54, 1.807) is 0 Å². The van der Waals surface area contributed by atoms with Gasteiger partial charge in [0.25, 0.3) is 0 Å². The average molecular weight is 257 g/mol. The second kappa shape index (κ2) is 5.49. The summed E-state index contributed by atoms with van der Waals surface area (Å²) in [6, 6.07) is 8.81. The molecule has 1 rings (SSSR count). The summed E-state index contributed by atoms with van der Waals surface area (Å²) < 4.78 is 1.12. The van der Waals surface area contributed by atoms with Gasteiger partial charge in [0.1, 0.15) is 0 Å². The van der Waals surface area contributed by atoms with Crippen LogP contribution in [0.25, 0.3) is 0 Å². The second-order valence-corrected chi connectivity index (χ2v) is 4.53. The quantitative estimate of drug-likeness (QED) is 0.897. The fourth-order valence-electron chi connectivity index (χ4n) is 1.59. The molecule has 1 aromatic carbocycles. The van der Waals surface area contributed by atoms with Gasteiger partial charge in [-0.25, -0.2) is 0 Å². The van der Waals surface area contributed by atoms with Gasteiger partial charge in [0.2, 0.25) is 0 Å². The Hall–Kier alpha value is -0.380. The zero-order valence-electron chi connectivity index (χ0n) is 8.70. The Bertz CT molecular complexity index is 286. The second-order valence-electron chi connectivity index (χ2n) is 3.61. The fraction of sp³-hybridized carbons (Fsp3) is 0.455. The van der Waals surface area contributed by atoms with Crippen molar-refractivity contribution in [1.29, 1.82) is 0 Å². The highest BCUT2D eigenvalue weighted by Crippen LogP contribution is 2.23. The first-order valence-corrected chi connectivity index (χ1v) is 5.56. The van der Waals surface area contributed by atoms with Crippen molar-refractivity contribution in [2.45, 2.75) is 12.5 Å². The summed E-state index contributed by atoms with van der Waals surface area (Å²) in [4.78, 5) is 2.20. The normalized spacial score (nSPS) is 13.2. The van der Waals surface area contributed by atoms with Crippen LogP contribution in [-0.2, 0) is 0 Å². The summed E-state index contributed by atoms with van der Waals surface area (Å²) >= 11 is 3.48. The highest BCUT2D eigenvalue weighted by Gasteiger charge is 2.12. The highest BCUT2D eigenvalue weighted by atomic mass is 79.9. The lowest BCUT2D eigenvalue weighted by atomic mass is 10.0. The molecule has 0 radical (unpaired) electrons. The van der Waals surface area contributed by atoms with Crippen LogP contribution in [0.1, 0.15) is 18.0 Å². The van der Waals surface area contributed by atoms with E-state index in [0.29, 0.717) is 6.04 Å². The number of rotatable bonds is 4. The van der Waals surface area contributed by atoms with E-state index in [1.165, 1.54) is 5.56 Å². The number of nitrogens with zero attached hydrogens (tertiary/aromatic N) is 1. The molecule has 1 atom stereocenters. The molecule has 2 nitrogen and oxygen atoms in total. The number of halogens is 1. The topological polar surface area (TPSA) is 29.3 Å². The zero-order chi connectivity index (χ0) is 10.6. The largest absolute Gasteiger partial charge is 0.330 e. The molecule has 0 heterocycles. The van der Waals surface area contributed by atoms with Gasteiger partial charge >= 0.3 is 0 Å². The van der Waals surface area contributed by atoms with Gasteiger partial charge in [-0.3, -0.25) is 0 Å². The molecule has 1 aromatic rings. The SMILES string of the molecule is CN(C)C(CCN)c1cccc(Br)c1. The van der Waals surface area contributed by atoms with Crippen LogP contribution in [0.2, 0.25) is 0 Å². The first kappa shape index (κ1) is 11.7. The van der Waals surface area contributed by atoms with Crippen molar-refractivity contribution in [3.63, 3.8) is 0 Å². The average Bonchev–Trinajstić information content (AvgIpc) is 2.13. The molecule has 14 heavy (non-hydrogen) atoms. The van der Waals surface area contributed by atoms with Crippen LogP contribution in [0.3, 0.4) is 0 Å². The lowest BCUT2D eigenvalue weighted by molar-refractivity contribution is 0.287. The first-order valence-electron chi connectivity index (χ1n) is 4.77. The molecular formula is C11H17BrN2. The van der Waals surface area contributed by atoms with Gasteiger partial charge < -0.3 is 10.6 Å². The van der Waals surface area contributed by atoms with Crippen molar-refractivity contribution < 1.29 is 0 Å².